The maximum atomic E-state index is 12.4. The van der Waals surface area contributed by atoms with Gasteiger partial charge in [-0.3, -0.25) is 0 Å². The van der Waals surface area contributed by atoms with E-state index < -0.39 is 10.0 Å². The molecule has 96 valence electrons. The van der Waals surface area contributed by atoms with E-state index in [9.17, 15) is 8.42 Å². The zero-order valence-electron chi connectivity index (χ0n) is 9.91. The van der Waals surface area contributed by atoms with Gasteiger partial charge in [-0.2, -0.15) is 9.57 Å². The van der Waals surface area contributed by atoms with E-state index in [1.165, 1.54) is 16.4 Å². The molecule has 1 aromatic carbocycles. The Bertz CT molecular complexity index is 569. The molecule has 0 unspecified atom stereocenters. The lowest BCUT2D eigenvalue weighted by Crippen LogP contribution is -2.42. The molecule has 2 N–H and O–H groups in total. The van der Waals surface area contributed by atoms with Gasteiger partial charge in [-0.25, -0.2) is 8.42 Å². The summed E-state index contributed by atoms with van der Waals surface area (Å²) in [6.45, 7) is 0.840. The summed E-state index contributed by atoms with van der Waals surface area (Å²) in [6.07, 6.45) is 1.32. The van der Waals surface area contributed by atoms with E-state index in [0.717, 1.165) is 0 Å². The van der Waals surface area contributed by atoms with Crippen molar-refractivity contribution in [3.63, 3.8) is 0 Å². The number of nitrogens with zero attached hydrogens (tertiary/aromatic N) is 2. The van der Waals surface area contributed by atoms with Gasteiger partial charge in [0.2, 0.25) is 10.0 Å². The van der Waals surface area contributed by atoms with Gasteiger partial charge in [0.1, 0.15) is 6.07 Å². The molecule has 2 rings (SSSR count). The van der Waals surface area contributed by atoms with E-state index in [2.05, 4.69) is 0 Å². The Kier molecular flexibility index (Phi) is 3.66. The first-order valence-electron chi connectivity index (χ1n) is 5.80. The van der Waals surface area contributed by atoms with Crippen LogP contribution >= 0.6 is 0 Å². The maximum Gasteiger partial charge on any atom is 0.244 e. The van der Waals surface area contributed by atoms with Gasteiger partial charge in [-0.1, -0.05) is 12.1 Å². The normalized spacial score (nSPS) is 18.4. The van der Waals surface area contributed by atoms with Crippen molar-refractivity contribution < 1.29 is 8.42 Å². The molecule has 1 aliphatic heterocycles. The third-order valence-electron chi connectivity index (χ3n) is 3.12. The molecule has 0 radical (unpaired) electrons. The highest BCUT2D eigenvalue weighted by Gasteiger charge is 2.29. The number of sulfonamides is 1. The second kappa shape index (κ2) is 5.06. The monoisotopic (exact) mass is 265 g/mol. The molecule has 1 saturated heterocycles. The minimum Gasteiger partial charge on any atom is -0.328 e. The van der Waals surface area contributed by atoms with E-state index in [1.807, 2.05) is 6.07 Å². The van der Waals surface area contributed by atoms with Gasteiger partial charge in [0, 0.05) is 19.1 Å². The molecule has 0 aliphatic carbocycles. The van der Waals surface area contributed by atoms with Gasteiger partial charge in [-0.15, -0.1) is 0 Å². The molecule has 18 heavy (non-hydrogen) atoms. The maximum absolute atomic E-state index is 12.4. The zero-order valence-corrected chi connectivity index (χ0v) is 10.7. The van der Waals surface area contributed by atoms with Crippen LogP contribution in [-0.4, -0.2) is 31.9 Å². The molecule has 1 heterocycles. The SMILES string of the molecule is N#Cc1ccccc1S(=O)(=O)N1CCC(N)CC1. The lowest BCUT2D eigenvalue weighted by molar-refractivity contribution is 0.320. The van der Waals surface area contributed by atoms with Crippen LogP contribution in [0.2, 0.25) is 0 Å². The molecule has 1 aromatic rings. The van der Waals surface area contributed by atoms with Gasteiger partial charge in [0.25, 0.3) is 0 Å². The Hall–Kier alpha value is -1.42. The predicted molar refractivity (Wildman–Crippen MR) is 67.1 cm³/mol. The van der Waals surface area contributed by atoms with Crippen LogP contribution < -0.4 is 5.73 Å². The van der Waals surface area contributed by atoms with Crippen molar-refractivity contribution in [1.29, 1.82) is 5.26 Å². The number of rotatable bonds is 2. The number of nitriles is 1. The third kappa shape index (κ3) is 2.38. The molecule has 6 heteroatoms. The van der Waals surface area contributed by atoms with Crippen molar-refractivity contribution in [2.75, 3.05) is 13.1 Å². The second-order valence-corrected chi connectivity index (χ2v) is 6.26. The average Bonchev–Trinajstić information content (AvgIpc) is 2.39. The van der Waals surface area contributed by atoms with Crippen LogP contribution in [0.4, 0.5) is 0 Å². The molecule has 0 spiro atoms. The predicted octanol–water partition coefficient (Wildman–Crippen LogP) is 0.670. The fraction of sp³-hybridized carbons (Fsp3) is 0.417. The highest BCUT2D eigenvalue weighted by molar-refractivity contribution is 7.89. The van der Waals surface area contributed by atoms with Crippen molar-refractivity contribution in [2.24, 2.45) is 5.73 Å². The molecule has 1 fully saturated rings. The Morgan fingerprint density at radius 2 is 1.89 bits per heavy atom. The molecule has 0 amide bonds. The quantitative estimate of drug-likeness (QED) is 0.851. The Labute approximate surface area is 107 Å². The smallest absolute Gasteiger partial charge is 0.244 e. The second-order valence-electron chi connectivity index (χ2n) is 4.35. The zero-order chi connectivity index (χ0) is 13.2. The largest absolute Gasteiger partial charge is 0.328 e. The summed E-state index contributed by atoms with van der Waals surface area (Å²) in [5.74, 6) is 0. The number of piperidine rings is 1. The van der Waals surface area contributed by atoms with E-state index >= 15 is 0 Å². The van der Waals surface area contributed by atoms with E-state index in [4.69, 9.17) is 11.0 Å². The molecular weight excluding hydrogens is 250 g/mol. The third-order valence-corrected chi connectivity index (χ3v) is 5.08. The highest BCUT2D eigenvalue weighted by Crippen LogP contribution is 2.22. The van der Waals surface area contributed by atoms with Crippen molar-refractivity contribution in [1.82, 2.24) is 4.31 Å². The van der Waals surface area contributed by atoms with Gasteiger partial charge < -0.3 is 5.73 Å². The molecule has 5 nitrogen and oxygen atoms in total. The van der Waals surface area contributed by atoms with E-state index in [-0.39, 0.29) is 16.5 Å². The Morgan fingerprint density at radius 1 is 1.28 bits per heavy atom. The molecule has 0 bridgehead atoms. The van der Waals surface area contributed by atoms with Crippen LogP contribution in [-0.2, 0) is 10.0 Å². The summed E-state index contributed by atoms with van der Waals surface area (Å²) >= 11 is 0. The minimum atomic E-state index is -3.57. The molecule has 1 aliphatic rings. The fourth-order valence-electron chi connectivity index (χ4n) is 2.04. The van der Waals surface area contributed by atoms with Gasteiger partial charge in [0.05, 0.1) is 10.5 Å². The lowest BCUT2D eigenvalue weighted by atomic mass is 10.1. The molecular formula is C12H15N3O2S. The first kappa shape index (κ1) is 13.0. The van der Waals surface area contributed by atoms with Crippen molar-refractivity contribution in [3.05, 3.63) is 29.8 Å². The van der Waals surface area contributed by atoms with Crippen molar-refractivity contribution in [2.45, 2.75) is 23.8 Å². The first-order chi connectivity index (χ1) is 8.55. The standard InChI is InChI=1S/C12H15N3O2S/c13-9-10-3-1-2-4-12(10)18(16,17)15-7-5-11(14)6-8-15/h1-4,11H,5-8,14H2. The van der Waals surface area contributed by atoms with E-state index in [0.29, 0.717) is 25.9 Å². The van der Waals surface area contributed by atoms with Crippen LogP contribution in [0.15, 0.2) is 29.2 Å². The Balaban J connectivity index is 2.34. The summed E-state index contributed by atoms with van der Waals surface area (Å²) in [5.41, 5.74) is 5.95. The number of hydrogen-bond donors (Lipinski definition) is 1. The van der Waals surface area contributed by atoms with Gasteiger partial charge in [-0.05, 0) is 25.0 Å². The number of nitrogens with two attached hydrogens (primary N) is 1. The Morgan fingerprint density at radius 3 is 2.50 bits per heavy atom. The van der Waals surface area contributed by atoms with Crippen LogP contribution in [0, 0.1) is 11.3 Å². The minimum absolute atomic E-state index is 0.0719. The summed E-state index contributed by atoms with van der Waals surface area (Å²) in [6, 6.07) is 8.27. The highest BCUT2D eigenvalue weighted by atomic mass is 32.2. The van der Waals surface area contributed by atoms with Gasteiger partial charge >= 0.3 is 0 Å². The lowest BCUT2D eigenvalue weighted by Gasteiger charge is -2.29. The summed E-state index contributed by atoms with van der Waals surface area (Å²) in [5, 5.41) is 8.97. The number of hydrogen-bond acceptors (Lipinski definition) is 4. The molecule has 0 atom stereocenters. The van der Waals surface area contributed by atoms with Gasteiger partial charge in [0.15, 0.2) is 0 Å². The van der Waals surface area contributed by atoms with Crippen LogP contribution in [0.25, 0.3) is 0 Å². The topological polar surface area (TPSA) is 87.2 Å². The van der Waals surface area contributed by atoms with Crippen molar-refractivity contribution >= 4 is 10.0 Å². The van der Waals surface area contributed by atoms with Crippen LogP contribution in [0.1, 0.15) is 18.4 Å². The van der Waals surface area contributed by atoms with Crippen LogP contribution in [0.3, 0.4) is 0 Å². The molecule has 0 aromatic heterocycles. The summed E-state index contributed by atoms with van der Waals surface area (Å²) < 4.78 is 26.2. The van der Waals surface area contributed by atoms with Crippen LogP contribution in [0.5, 0.6) is 0 Å². The number of benzene rings is 1. The van der Waals surface area contributed by atoms with Crippen molar-refractivity contribution in [3.8, 4) is 6.07 Å². The fourth-order valence-corrected chi connectivity index (χ4v) is 3.65. The summed E-state index contributed by atoms with van der Waals surface area (Å²) in [4.78, 5) is 0.0861. The average molecular weight is 265 g/mol. The first-order valence-corrected chi connectivity index (χ1v) is 7.24. The molecule has 0 saturated carbocycles. The summed E-state index contributed by atoms with van der Waals surface area (Å²) in [7, 11) is -3.57. The van der Waals surface area contributed by atoms with E-state index in [1.54, 1.807) is 12.1 Å².